The Morgan fingerprint density at radius 2 is 1.74 bits per heavy atom. The Balaban J connectivity index is 1.72. The molecule has 4 heteroatoms. The van der Waals surface area contributed by atoms with Gasteiger partial charge in [-0.15, -0.1) is 0 Å². The maximum atomic E-state index is 11.8. The van der Waals surface area contributed by atoms with Gasteiger partial charge in [-0.1, -0.05) is 37.5 Å². The van der Waals surface area contributed by atoms with E-state index in [1.165, 1.54) is 19.3 Å². The number of amides is 2. The first-order valence-electron chi connectivity index (χ1n) is 6.88. The molecule has 4 nitrogen and oxygen atoms in total. The van der Waals surface area contributed by atoms with Crippen molar-refractivity contribution in [2.75, 3.05) is 6.54 Å². The molecule has 0 spiro atoms. The van der Waals surface area contributed by atoms with Crippen LogP contribution in [0.4, 0.5) is 0 Å². The average Bonchev–Trinajstić information content (AvgIpc) is 2.47. The number of hydrogen-bond acceptors (Lipinski definition) is 2. The van der Waals surface area contributed by atoms with Gasteiger partial charge in [-0.3, -0.25) is 9.59 Å². The zero-order valence-corrected chi connectivity index (χ0v) is 11.0. The molecule has 1 saturated carbocycles. The summed E-state index contributed by atoms with van der Waals surface area (Å²) >= 11 is 0. The summed E-state index contributed by atoms with van der Waals surface area (Å²) in [6.45, 7) is 0.0459. The van der Waals surface area contributed by atoms with E-state index in [0.717, 1.165) is 12.8 Å². The molecule has 0 heterocycles. The highest BCUT2D eigenvalue weighted by Gasteiger charge is 2.16. The Kier molecular flexibility index (Phi) is 4.95. The van der Waals surface area contributed by atoms with Crippen molar-refractivity contribution in [3.63, 3.8) is 0 Å². The van der Waals surface area contributed by atoms with E-state index in [1.807, 2.05) is 6.07 Å². The molecule has 0 bridgehead atoms. The van der Waals surface area contributed by atoms with Gasteiger partial charge < -0.3 is 10.6 Å². The molecule has 2 amide bonds. The highest BCUT2D eigenvalue weighted by molar-refractivity contribution is 5.96. The van der Waals surface area contributed by atoms with Gasteiger partial charge in [-0.2, -0.15) is 0 Å². The Morgan fingerprint density at radius 3 is 2.42 bits per heavy atom. The molecule has 0 atom stereocenters. The smallest absolute Gasteiger partial charge is 0.251 e. The Labute approximate surface area is 113 Å². The first kappa shape index (κ1) is 13.6. The summed E-state index contributed by atoms with van der Waals surface area (Å²) < 4.78 is 0. The third-order valence-electron chi connectivity index (χ3n) is 3.42. The van der Waals surface area contributed by atoms with Gasteiger partial charge in [0.05, 0.1) is 6.54 Å². The second-order valence-corrected chi connectivity index (χ2v) is 4.95. The molecule has 1 aromatic rings. The SMILES string of the molecule is O=C(CNC(=O)c1ccccc1)NC1CCCCC1. The molecule has 102 valence electrons. The lowest BCUT2D eigenvalue weighted by molar-refractivity contribution is -0.121. The maximum Gasteiger partial charge on any atom is 0.251 e. The summed E-state index contributed by atoms with van der Waals surface area (Å²) in [5, 5.41) is 5.61. The van der Waals surface area contributed by atoms with Crippen molar-refractivity contribution in [2.24, 2.45) is 0 Å². The minimum atomic E-state index is -0.209. The van der Waals surface area contributed by atoms with Crippen LogP contribution in [0, 0.1) is 0 Å². The lowest BCUT2D eigenvalue weighted by atomic mass is 9.95. The summed E-state index contributed by atoms with van der Waals surface area (Å²) in [5.41, 5.74) is 0.577. The quantitative estimate of drug-likeness (QED) is 0.868. The first-order chi connectivity index (χ1) is 9.25. The van der Waals surface area contributed by atoms with Crippen molar-refractivity contribution in [2.45, 2.75) is 38.1 Å². The van der Waals surface area contributed by atoms with Gasteiger partial charge in [0.1, 0.15) is 0 Å². The van der Waals surface area contributed by atoms with Crippen LogP contribution in [0.3, 0.4) is 0 Å². The van der Waals surface area contributed by atoms with E-state index >= 15 is 0 Å². The molecule has 2 N–H and O–H groups in total. The van der Waals surface area contributed by atoms with Gasteiger partial charge in [0, 0.05) is 11.6 Å². The Bertz CT molecular complexity index is 425. The Hall–Kier alpha value is -1.84. The fraction of sp³-hybridized carbons (Fsp3) is 0.467. The van der Waals surface area contributed by atoms with Crippen molar-refractivity contribution in [1.82, 2.24) is 10.6 Å². The molecule has 1 aliphatic carbocycles. The van der Waals surface area contributed by atoms with Gasteiger partial charge in [0.2, 0.25) is 5.91 Å². The van der Waals surface area contributed by atoms with Gasteiger partial charge >= 0.3 is 0 Å². The van der Waals surface area contributed by atoms with E-state index in [0.29, 0.717) is 5.56 Å². The highest BCUT2D eigenvalue weighted by atomic mass is 16.2. The van der Waals surface area contributed by atoms with Crippen LogP contribution in [0.15, 0.2) is 30.3 Å². The van der Waals surface area contributed by atoms with E-state index in [9.17, 15) is 9.59 Å². The standard InChI is InChI=1S/C15H20N2O2/c18-14(17-13-9-5-2-6-10-13)11-16-15(19)12-7-3-1-4-8-12/h1,3-4,7-8,13H,2,5-6,9-11H2,(H,16,19)(H,17,18). The summed E-state index contributed by atoms with van der Waals surface area (Å²) in [6, 6.07) is 9.21. The summed E-state index contributed by atoms with van der Waals surface area (Å²) in [4.78, 5) is 23.5. The Morgan fingerprint density at radius 1 is 1.05 bits per heavy atom. The molecule has 0 aromatic heterocycles. The monoisotopic (exact) mass is 260 g/mol. The number of rotatable bonds is 4. The highest BCUT2D eigenvalue weighted by Crippen LogP contribution is 2.17. The normalized spacial score (nSPS) is 15.8. The van der Waals surface area contributed by atoms with Crippen LogP contribution >= 0.6 is 0 Å². The minimum Gasteiger partial charge on any atom is -0.352 e. The molecule has 0 radical (unpaired) electrons. The third kappa shape index (κ3) is 4.39. The predicted octanol–water partition coefficient (Wildman–Crippen LogP) is 1.87. The topological polar surface area (TPSA) is 58.2 Å². The van der Waals surface area contributed by atoms with Crippen LogP contribution in [0.1, 0.15) is 42.5 Å². The number of benzene rings is 1. The van der Waals surface area contributed by atoms with Crippen molar-refractivity contribution >= 4 is 11.8 Å². The van der Waals surface area contributed by atoms with Crippen molar-refractivity contribution < 1.29 is 9.59 Å². The molecular formula is C15H20N2O2. The average molecular weight is 260 g/mol. The van der Waals surface area contributed by atoms with E-state index in [-0.39, 0.29) is 24.4 Å². The van der Waals surface area contributed by atoms with E-state index in [4.69, 9.17) is 0 Å². The summed E-state index contributed by atoms with van der Waals surface area (Å²) in [5.74, 6) is -0.310. The molecule has 0 aliphatic heterocycles. The number of nitrogens with one attached hydrogen (secondary N) is 2. The number of carbonyl (C=O) groups excluding carboxylic acids is 2. The van der Waals surface area contributed by atoms with Gasteiger partial charge in [0.25, 0.3) is 5.91 Å². The second kappa shape index (κ2) is 6.92. The van der Waals surface area contributed by atoms with Crippen LogP contribution in [-0.4, -0.2) is 24.4 Å². The zero-order chi connectivity index (χ0) is 13.5. The van der Waals surface area contributed by atoms with E-state index < -0.39 is 0 Å². The molecule has 2 rings (SSSR count). The number of hydrogen-bond donors (Lipinski definition) is 2. The zero-order valence-electron chi connectivity index (χ0n) is 11.0. The second-order valence-electron chi connectivity index (χ2n) is 4.95. The van der Waals surface area contributed by atoms with Crippen LogP contribution in [0.2, 0.25) is 0 Å². The van der Waals surface area contributed by atoms with Crippen LogP contribution in [0.25, 0.3) is 0 Å². The first-order valence-corrected chi connectivity index (χ1v) is 6.88. The molecule has 1 fully saturated rings. The van der Waals surface area contributed by atoms with Gasteiger partial charge in [-0.05, 0) is 25.0 Å². The molecule has 1 aromatic carbocycles. The van der Waals surface area contributed by atoms with Gasteiger partial charge in [0.15, 0.2) is 0 Å². The molecular weight excluding hydrogens is 240 g/mol. The fourth-order valence-electron chi connectivity index (χ4n) is 2.38. The lowest BCUT2D eigenvalue weighted by Crippen LogP contribution is -2.42. The van der Waals surface area contributed by atoms with Crippen molar-refractivity contribution in [3.05, 3.63) is 35.9 Å². The fourth-order valence-corrected chi connectivity index (χ4v) is 2.38. The minimum absolute atomic E-state index is 0.0459. The maximum absolute atomic E-state index is 11.8. The van der Waals surface area contributed by atoms with Gasteiger partial charge in [-0.25, -0.2) is 0 Å². The van der Waals surface area contributed by atoms with Crippen molar-refractivity contribution in [3.8, 4) is 0 Å². The third-order valence-corrected chi connectivity index (χ3v) is 3.42. The summed E-state index contributed by atoms with van der Waals surface area (Å²) in [7, 11) is 0. The van der Waals surface area contributed by atoms with Crippen LogP contribution < -0.4 is 10.6 Å². The predicted molar refractivity (Wildman–Crippen MR) is 73.8 cm³/mol. The van der Waals surface area contributed by atoms with E-state index in [2.05, 4.69) is 10.6 Å². The summed E-state index contributed by atoms with van der Waals surface area (Å²) in [6.07, 6.45) is 5.73. The van der Waals surface area contributed by atoms with Crippen molar-refractivity contribution in [1.29, 1.82) is 0 Å². The molecule has 1 aliphatic rings. The largest absolute Gasteiger partial charge is 0.352 e. The van der Waals surface area contributed by atoms with Crippen LogP contribution in [0.5, 0.6) is 0 Å². The lowest BCUT2D eigenvalue weighted by Gasteiger charge is -2.22. The molecule has 0 saturated heterocycles. The van der Waals surface area contributed by atoms with E-state index in [1.54, 1.807) is 24.3 Å². The number of carbonyl (C=O) groups is 2. The van der Waals surface area contributed by atoms with Crippen LogP contribution in [-0.2, 0) is 4.79 Å². The molecule has 19 heavy (non-hydrogen) atoms. The molecule has 0 unspecified atom stereocenters.